The third-order valence-electron chi connectivity index (χ3n) is 3.27. The van der Waals surface area contributed by atoms with Crippen molar-refractivity contribution in [3.8, 4) is 6.07 Å². The van der Waals surface area contributed by atoms with E-state index >= 15 is 0 Å². The van der Waals surface area contributed by atoms with Crippen LogP contribution < -0.4 is 5.32 Å². The van der Waals surface area contributed by atoms with Crippen LogP contribution in [-0.2, 0) is 4.79 Å². The van der Waals surface area contributed by atoms with Gasteiger partial charge in [0, 0.05) is 17.5 Å². The van der Waals surface area contributed by atoms with Crippen LogP contribution in [0.5, 0.6) is 0 Å². The normalized spacial score (nSPS) is 13.1. The lowest BCUT2D eigenvalue weighted by atomic mass is 10.0. The molecule has 6 heteroatoms. The number of carbonyl (C=O) groups is 2. The number of nitriles is 1. The van der Waals surface area contributed by atoms with Crippen molar-refractivity contribution in [2.45, 2.75) is 19.4 Å². The molecule has 0 saturated carbocycles. The zero-order chi connectivity index (χ0) is 16.1. The van der Waals surface area contributed by atoms with Gasteiger partial charge >= 0.3 is 5.97 Å². The van der Waals surface area contributed by atoms with Gasteiger partial charge in [0.2, 0.25) is 0 Å². The Morgan fingerprint density at radius 1 is 1.41 bits per heavy atom. The second-order valence-electron chi connectivity index (χ2n) is 5.05. The number of fused-ring (bicyclic) bond motifs is 1. The number of nitrogens with one attached hydrogen (secondary N) is 1. The second kappa shape index (κ2) is 6.68. The van der Waals surface area contributed by atoms with Crippen LogP contribution in [0.15, 0.2) is 36.5 Å². The van der Waals surface area contributed by atoms with E-state index in [2.05, 4.69) is 10.3 Å². The SMILES string of the molecule is C[C@@H](C#N)C[C@@H](NC(=O)c1cnc2ccccc2c1)C(=O)O. The molecule has 6 nitrogen and oxygen atoms in total. The molecule has 112 valence electrons. The van der Waals surface area contributed by atoms with E-state index in [0.29, 0.717) is 0 Å². The number of rotatable bonds is 5. The fraction of sp³-hybridized carbons (Fsp3) is 0.250. The number of hydrogen-bond donors (Lipinski definition) is 2. The molecule has 2 aromatic rings. The van der Waals surface area contributed by atoms with Crippen LogP contribution in [0.1, 0.15) is 23.7 Å². The highest BCUT2D eigenvalue weighted by molar-refractivity contribution is 5.99. The number of benzene rings is 1. The summed E-state index contributed by atoms with van der Waals surface area (Å²) in [6, 6.07) is 9.84. The highest BCUT2D eigenvalue weighted by atomic mass is 16.4. The van der Waals surface area contributed by atoms with Gasteiger partial charge in [0.15, 0.2) is 0 Å². The van der Waals surface area contributed by atoms with Crippen molar-refractivity contribution in [2.24, 2.45) is 5.92 Å². The van der Waals surface area contributed by atoms with Crippen LogP contribution in [0.3, 0.4) is 0 Å². The Kier molecular flexibility index (Phi) is 4.69. The van der Waals surface area contributed by atoms with E-state index in [9.17, 15) is 9.59 Å². The summed E-state index contributed by atoms with van der Waals surface area (Å²) in [6.07, 6.45) is 1.46. The van der Waals surface area contributed by atoms with E-state index in [0.717, 1.165) is 10.9 Å². The van der Waals surface area contributed by atoms with Crippen LogP contribution in [0.25, 0.3) is 10.9 Å². The molecule has 0 spiro atoms. The Bertz CT molecular complexity index is 752. The lowest BCUT2D eigenvalue weighted by molar-refractivity contribution is -0.139. The van der Waals surface area contributed by atoms with E-state index in [1.807, 2.05) is 30.3 Å². The predicted molar refractivity (Wildman–Crippen MR) is 80.0 cm³/mol. The summed E-state index contributed by atoms with van der Waals surface area (Å²) in [6.45, 7) is 1.61. The average molecular weight is 297 g/mol. The van der Waals surface area contributed by atoms with E-state index in [4.69, 9.17) is 10.4 Å². The number of carbonyl (C=O) groups excluding carboxylic acids is 1. The predicted octanol–water partition coefficient (Wildman–Crippen LogP) is 1.97. The maximum atomic E-state index is 12.2. The molecule has 1 heterocycles. The molecular weight excluding hydrogens is 282 g/mol. The van der Waals surface area contributed by atoms with Crippen LogP contribution in [0, 0.1) is 17.2 Å². The summed E-state index contributed by atoms with van der Waals surface area (Å²) in [5.41, 5.74) is 1.04. The minimum absolute atomic E-state index is 0.0541. The van der Waals surface area contributed by atoms with Crippen LogP contribution in [0.2, 0.25) is 0 Å². The summed E-state index contributed by atoms with van der Waals surface area (Å²) in [4.78, 5) is 27.5. The van der Waals surface area contributed by atoms with Crippen molar-refractivity contribution >= 4 is 22.8 Å². The minimum atomic E-state index is -1.16. The monoisotopic (exact) mass is 297 g/mol. The number of aromatic nitrogens is 1. The Labute approximate surface area is 127 Å². The third kappa shape index (κ3) is 3.58. The zero-order valence-electron chi connectivity index (χ0n) is 12.0. The van der Waals surface area contributed by atoms with Gasteiger partial charge in [0.25, 0.3) is 5.91 Å². The van der Waals surface area contributed by atoms with Gasteiger partial charge in [0.05, 0.1) is 17.1 Å². The number of pyridine rings is 1. The maximum Gasteiger partial charge on any atom is 0.326 e. The van der Waals surface area contributed by atoms with Crippen molar-refractivity contribution in [2.75, 3.05) is 0 Å². The fourth-order valence-corrected chi connectivity index (χ4v) is 2.06. The maximum absolute atomic E-state index is 12.2. The van der Waals surface area contributed by atoms with Gasteiger partial charge in [-0.15, -0.1) is 0 Å². The number of para-hydroxylation sites is 1. The molecule has 2 atom stereocenters. The van der Waals surface area contributed by atoms with E-state index in [1.165, 1.54) is 6.20 Å². The third-order valence-corrected chi connectivity index (χ3v) is 3.27. The summed E-state index contributed by atoms with van der Waals surface area (Å²) in [7, 11) is 0. The Balaban J connectivity index is 2.18. The standard InChI is InChI=1S/C16H15N3O3/c1-10(8-17)6-14(16(21)22)19-15(20)12-7-11-4-2-3-5-13(11)18-9-12/h2-5,7,9-10,14H,6H2,1H3,(H,19,20)(H,21,22)/t10-,14-/m1/s1. The first kappa shape index (κ1) is 15.4. The first-order valence-corrected chi connectivity index (χ1v) is 6.79. The quantitative estimate of drug-likeness (QED) is 0.878. The van der Waals surface area contributed by atoms with Gasteiger partial charge < -0.3 is 10.4 Å². The molecule has 0 unspecified atom stereocenters. The van der Waals surface area contributed by atoms with Crippen LogP contribution in [-0.4, -0.2) is 28.0 Å². The summed E-state index contributed by atoms with van der Waals surface area (Å²) in [5.74, 6) is -2.14. The van der Waals surface area contributed by atoms with Crippen molar-refractivity contribution in [3.05, 3.63) is 42.1 Å². The molecule has 2 rings (SSSR count). The number of carboxylic acids is 1. The van der Waals surface area contributed by atoms with Gasteiger partial charge in [-0.05, 0) is 25.5 Å². The summed E-state index contributed by atoms with van der Waals surface area (Å²) in [5, 5.41) is 21.1. The van der Waals surface area contributed by atoms with Crippen molar-refractivity contribution in [1.29, 1.82) is 5.26 Å². The Morgan fingerprint density at radius 2 is 2.14 bits per heavy atom. The molecule has 0 fully saturated rings. The van der Waals surface area contributed by atoms with Crippen molar-refractivity contribution < 1.29 is 14.7 Å². The smallest absolute Gasteiger partial charge is 0.326 e. The Hall–Kier alpha value is -2.94. The molecule has 22 heavy (non-hydrogen) atoms. The first-order valence-electron chi connectivity index (χ1n) is 6.79. The Morgan fingerprint density at radius 3 is 2.82 bits per heavy atom. The van der Waals surface area contributed by atoms with E-state index in [1.54, 1.807) is 13.0 Å². The number of amides is 1. The highest BCUT2D eigenvalue weighted by Crippen LogP contribution is 2.13. The molecule has 1 aromatic carbocycles. The molecule has 2 N–H and O–H groups in total. The fourth-order valence-electron chi connectivity index (χ4n) is 2.06. The lowest BCUT2D eigenvalue weighted by Crippen LogP contribution is -2.41. The number of aliphatic carboxylic acids is 1. The van der Waals surface area contributed by atoms with Crippen LogP contribution in [0.4, 0.5) is 0 Å². The van der Waals surface area contributed by atoms with Gasteiger partial charge in [0.1, 0.15) is 6.04 Å². The minimum Gasteiger partial charge on any atom is -0.480 e. The second-order valence-corrected chi connectivity index (χ2v) is 5.05. The van der Waals surface area contributed by atoms with Gasteiger partial charge in [-0.25, -0.2) is 4.79 Å². The number of carboxylic acid groups (broad SMARTS) is 1. The topological polar surface area (TPSA) is 103 Å². The molecule has 0 radical (unpaired) electrons. The molecule has 0 aliphatic rings. The van der Waals surface area contributed by atoms with E-state index in [-0.39, 0.29) is 12.0 Å². The molecule has 0 aliphatic heterocycles. The molecular formula is C16H15N3O3. The number of nitrogens with zero attached hydrogens (tertiary/aromatic N) is 2. The lowest BCUT2D eigenvalue weighted by Gasteiger charge is -2.15. The highest BCUT2D eigenvalue weighted by Gasteiger charge is 2.23. The largest absolute Gasteiger partial charge is 0.480 e. The molecule has 0 saturated heterocycles. The molecule has 0 bridgehead atoms. The molecule has 1 aromatic heterocycles. The molecule has 0 aliphatic carbocycles. The van der Waals surface area contributed by atoms with Crippen LogP contribution >= 0.6 is 0 Å². The van der Waals surface area contributed by atoms with Gasteiger partial charge in [-0.1, -0.05) is 18.2 Å². The summed E-state index contributed by atoms with van der Waals surface area (Å²) >= 11 is 0. The average Bonchev–Trinajstić information content (AvgIpc) is 2.53. The van der Waals surface area contributed by atoms with Gasteiger partial charge in [-0.2, -0.15) is 5.26 Å². The van der Waals surface area contributed by atoms with Crippen molar-refractivity contribution in [3.63, 3.8) is 0 Å². The number of hydrogen-bond acceptors (Lipinski definition) is 4. The summed E-state index contributed by atoms with van der Waals surface area (Å²) < 4.78 is 0. The van der Waals surface area contributed by atoms with Crippen molar-refractivity contribution in [1.82, 2.24) is 10.3 Å². The zero-order valence-corrected chi connectivity index (χ0v) is 12.0. The first-order chi connectivity index (χ1) is 10.5. The molecule has 1 amide bonds. The van der Waals surface area contributed by atoms with Gasteiger partial charge in [-0.3, -0.25) is 9.78 Å². The van der Waals surface area contributed by atoms with E-state index < -0.39 is 23.8 Å².